The Labute approximate surface area is 229 Å². The molecule has 0 aliphatic carbocycles. The lowest BCUT2D eigenvalue weighted by Crippen LogP contribution is -2.49. The normalized spacial score (nSPS) is 14.5. The van der Waals surface area contributed by atoms with Crippen LogP contribution in [0.25, 0.3) is 11.5 Å². The van der Waals surface area contributed by atoms with Crippen molar-refractivity contribution in [2.75, 3.05) is 46.1 Å². The lowest BCUT2D eigenvalue weighted by atomic mass is 10.1. The Morgan fingerprint density at radius 2 is 1.85 bits per heavy atom. The first-order valence-corrected chi connectivity index (χ1v) is 14.4. The van der Waals surface area contributed by atoms with E-state index in [1.807, 2.05) is 44.2 Å². The molecule has 11 heteroatoms. The van der Waals surface area contributed by atoms with Crippen molar-refractivity contribution >= 4 is 16.2 Å². The zero-order valence-electron chi connectivity index (χ0n) is 22.6. The maximum atomic E-state index is 13.3. The minimum absolute atomic E-state index is 0.00198. The first-order valence-electron chi connectivity index (χ1n) is 13.0. The maximum Gasteiger partial charge on any atom is 0.321 e. The number of rotatable bonds is 12. The molecule has 0 atom stereocenters. The van der Waals surface area contributed by atoms with Crippen LogP contribution in [0.1, 0.15) is 29.5 Å². The smallest absolute Gasteiger partial charge is 0.321 e. The molecule has 0 spiro atoms. The third-order valence-corrected chi connectivity index (χ3v) is 8.22. The van der Waals surface area contributed by atoms with Crippen molar-refractivity contribution in [3.63, 3.8) is 0 Å². The van der Waals surface area contributed by atoms with E-state index in [4.69, 9.17) is 18.6 Å². The number of oxazole rings is 1. The summed E-state index contributed by atoms with van der Waals surface area (Å²) in [6, 6.07) is 15.2. The average Bonchev–Trinajstić information content (AvgIpc) is 3.29. The summed E-state index contributed by atoms with van der Waals surface area (Å²) < 4.78 is 51.3. The first-order chi connectivity index (χ1) is 18.8. The molecule has 39 heavy (non-hydrogen) atoms. The molecular formula is C28H35N3O7S. The highest BCUT2D eigenvalue weighted by atomic mass is 32.2. The van der Waals surface area contributed by atoms with E-state index in [9.17, 15) is 13.2 Å². The number of aromatic nitrogens is 1. The summed E-state index contributed by atoms with van der Waals surface area (Å²) in [5.41, 5.74) is 3.59. The summed E-state index contributed by atoms with van der Waals surface area (Å²) in [5, 5.41) is 0. The fourth-order valence-corrected chi connectivity index (χ4v) is 5.71. The van der Waals surface area contributed by atoms with Gasteiger partial charge in [0.05, 0.1) is 32.1 Å². The third-order valence-electron chi connectivity index (χ3n) is 6.29. The molecule has 1 aliphatic heterocycles. The van der Waals surface area contributed by atoms with Crippen molar-refractivity contribution in [3.8, 4) is 17.2 Å². The number of ether oxygens (including phenoxy) is 3. The molecule has 1 saturated heterocycles. The molecule has 0 bridgehead atoms. The summed E-state index contributed by atoms with van der Waals surface area (Å²) in [4.78, 5) is 16.9. The van der Waals surface area contributed by atoms with Gasteiger partial charge in [-0.2, -0.15) is 17.0 Å². The Kier molecular flexibility index (Phi) is 9.73. The van der Waals surface area contributed by atoms with Gasteiger partial charge in [-0.15, -0.1) is 0 Å². The number of esters is 1. The van der Waals surface area contributed by atoms with Crippen LogP contribution >= 0.6 is 0 Å². The van der Waals surface area contributed by atoms with Gasteiger partial charge in [0, 0.05) is 31.6 Å². The van der Waals surface area contributed by atoms with Crippen LogP contribution in [-0.2, 0) is 37.4 Å². The van der Waals surface area contributed by atoms with E-state index in [1.165, 1.54) is 9.87 Å². The van der Waals surface area contributed by atoms with Crippen LogP contribution in [-0.4, -0.2) is 74.0 Å². The Morgan fingerprint density at radius 3 is 2.56 bits per heavy atom. The summed E-state index contributed by atoms with van der Waals surface area (Å²) in [5.74, 6) is 1.31. The lowest BCUT2D eigenvalue weighted by molar-refractivity contribution is -0.143. The van der Waals surface area contributed by atoms with E-state index in [2.05, 4.69) is 4.98 Å². The van der Waals surface area contributed by atoms with Gasteiger partial charge >= 0.3 is 5.97 Å². The number of hydrogen-bond acceptors (Lipinski definition) is 8. The summed E-state index contributed by atoms with van der Waals surface area (Å²) in [6.45, 7) is 6.84. The molecule has 0 saturated carbocycles. The SMILES string of the molecule is CCOC(=O)CN(Cc1cccc(OCCc2nc(-c3ccc(C)cc3)oc2C)c1)S(=O)(=O)N1CCOCC1. The molecule has 3 aromatic rings. The Balaban J connectivity index is 1.41. The monoisotopic (exact) mass is 557 g/mol. The van der Waals surface area contributed by atoms with Crippen LogP contribution in [0.2, 0.25) is 0 Å². The number of nitrogens with zero attached hydrogens (tertiary/aromatic N) is 3. The van der Waals surface area contributed by atoms with Crippen molar-refractivity contribution < 1.29 is 31.8 Å². The van der Waals surface area contributed by atoms with Crippen molar-refractivity contribution in [2.24, 2.45) is 0 Å². The minimum atomic E-state index is -3.90. The van der Waals surface area contributed by atoms with E-state index in [0.29, 0.717) is 43.4 Å². The minimum Gasteiger partial charge on any atom is -0.493 e. The number of morpholine rings is 1. The van der Waals surface area contributed by atoms with Gasteiger partial charge in [0.25, 0.3) is 10.2 Å². The van der Waals surface area contributed by atoms with E-state index >= 15 is 0 Å². The Bertz CT molecular complexity index is 1350. The molecule has 0 radical (unpaired) electrons. The number of hydrogen-bond donors (Lipinski definition) is 0. The van der Waals surface area contributed by atoms with Crippen molar-refractivity contribution in [2.45, 2.75) is 33.7 Å². The topological polar surface area (TPSA) is 111 Å². The Morgan fingerprint density at radius 1 is 1.10 bits per heavy atom. The quantitative estimate of drug-likeness (QED) is 0.311. The highest BCUT2D eigenvalue weighted by Crippen LogP contribution is 2.23. The van der Waals surface area contributed by atoms with Crippen LogP contribution < -0.4 is 4.74 Å². The molecule has 0 unspecified atom stereocenters. The molecule has 1 fully saturated rings. The molecule has 210 valence electrons. The van der Waals surface area contributed by atoms with E-state index in [0.717, 1.165) is 21.3 Å². The molecule has 4 rings (SSSR count). The standard InChI is InChI=1S/C28H35N3O7S/c1-4-36-27(32)20-31(39(33,34)30-13-16-35-17-14-30)19-23-6-5-7-25(18-23)37-15-12-26-22(3)38-28(29-26)24-10-8-21(2)9-11-24/h5-11,18H,4,12-17,19-20H2,1-3H3. The third kappa shape index (κ3) is 7.66. The summed E-state index contributed by atoms with van der Waals surface area (Å²) in [6.07, 6.45) is 0.547. The van der Waals surface area contributed by atoms with Crippen molar-refractivity contribution in [1.82, 2.24) is 13.6 Å². The number of carbonyl (C=O) groups is 1. The van der Waals surface area contributed by atoms with Gasteiger partial charge in [0.2, 0.25) is 5.89 Å². The zero-order valence-corrected chi connectivity index (χ0v) is 23.4. The second-order valence-electron chi connectivity index (χ2n) is 9.23. The maximum absolute atomic E-state index is 13.3. The Hall–Kier alpha value is -3.25. The molecule has 2 aromatic carbocycles. The van der Waals surface area contributed by atoms with Crippen molar-refractivity contribution in [1.29, 1.82) is 0 Å². The van der Waals surface area contributed by atoms with Gasteiger partial charge in [0.1, 0.15) is 18.1 Å². The lowest BCUT2D eigenvalue weighted by Gasteiger charge is -2.31. The molecule has 0 N–H and O–H groups in total. The number of benzene rings is 2. The van der Waals surface area contributed by atoms with E-state index < -0.39 is 16.2 Å². The van der Waals surface area contributed by atoms with Crippen molar-refractivity contribution in [3.05, 3.63) is 71.1 Å². The van der Waals surface area contributed by atoms with E-state index in [-0.39, 0.29) is 32.8 Å². The van der Waals surface area contributed by atoms with Crippen LogP contribution in [0.4, 0.5) is 0 Å². The largest absolute Gasteiger partial charge is 0.493 e. The van der Waals surface area contributed by atoms with Crippen LogP contribution in [0.5, 0.6) is 5.75 Å². The van der Waals surface area contributed by atoms with Gasteiger partial charge in [0.15, 0.2) is 0 Å². The van der Waals surface area contributed by atoms with Gasteiger partial charge in [-0.1, -0.05) is 29.8 Å². The second-order valence-corrected chi connectivity index (χ2v) is 11.2. The molecule has 10 nitrogen and oxygen atoms in total. The highest BCUT2D eigenvalue weighted by Gasteiger charge is 2.33. The molecule has 1 aliphatic rings. The fourth-order valence-electron chi connectivity index (χ4n) is 4.19. The van der Waals surface area contributed by atoms with Gasteiger partial charge in [-0.3, -0.25) is 4.79 Å². The zero-order chi connectivity index (χ0) is 27.8. The van der Waals surface area contributed by atoms with Crippen LogP contribution in [0.3, 0.4) is 0 Å². The number of aryl methyl sites for hydroxylation is 2. The van der Waals surface area contributed by atoms with Gasteiger partial charge in [-0.25, -0.2) is 4.98 Å². The molecular weight excluding hydrogens is 522 g/mol. The highest BCUT2D eigenvalue weighted by molar-refractivity contribution is 7.86. The molecule has 2 heterocycles. The van der Waals surface area contributed by atoms with Gasteiger partial charge < -0.3 is 18.6 Å². The predicted octanol–water partition coefficient (Wildman–Crippen LogP) is 3.52. The average molecular weight is 558 g/mol. The summed E-state index contributed by atoms with van der Waals surface area (Å²) >= 11 is 0. The van der Waals surface area contributed by atoms with E-state index in [1.54, 1.807) is 25.1 Å². The molecule has 1 aromatic heterocycles. The predicted molar refractivity (Wildman–Crippen MR) is 145 cm³/mol. The van der Waals surface area contributed by atoms with Crippen LogP contribution in [0.15, 0.2) is 52.9 Å². The second kappa shape index (κ2) is 13.2. The van der Waals surface area contributed by atoms with Gasteiger partial charge in [-0.05, 0) is 50.6 Å². The fraction of sp³-hybridized carbons (Fsp3) is 0.429. The number of carbonyl (C=O) groups excluding carboxylic acids is 1. The molecule has 0 amide bonds. The van der Waals surface area contributed by atoms with Crippen LogP contribution in [0, 0.1) is 13.8 Å². The first kappa shape index (κ1) is 28.8. The summed E-state index contributed by atoms with van der Waals surface area (Å²) in [7, 11) is -3.90.